The van der Waals surface area contributed by atoms with Crippen LogP contribution in [0.3, 0.4) is 0 Å². The van der Waals surface area contributed by atoms with Crippen LogP contribution in [0.1, 0.15) is 17.5 Å². The Balaban J connectivity index is 2.09. The molecule has 0 radical (unpaired) electrons. The van der Waals surface area contributed by atoms with Crippen molar-refractivity contribution in [3.63, 3.8) is 0 Å². The summed E-state index contributed by atoms with van der Waals surface area (Å²) in [5.41, 5.74) is 2.63. The number of aromatic nitrogens is 1. The number of rotatable bonds is 3. The average molecular weight is 333 g/mol. The van der Waals surface area contributed by atoms with Crippen LogP contribution < -0.4 is 0 Å². The maximum Gasteiger partial charge on any atom is 0.181 e. The molecule has 0 N–H and O–H groups in total. The monoisotopic (exact) mass is 333 g/mol. The Morgan fingerprint density at radius 2 is 1.65 bits per heavy atom. The molecule has 3 nitrogen and oxygen atoms in total. The van der Waals surface area contributed by atoms with Crippen LogP contribution in [0.2, 0.25) is 0 Å². The Bertz CT molecular complexity index is 909. The second-order valence-electron chi connectivity index (χ2n) is 5.25. The molecule has 0 saturated carbocycles. The van der Waals surface area contributed by atoms with Gasteiger partial charge in [-0.2, -0.15) is 0 Å². The van der Waals surface area contributed by atoms with Gasteiger partial charge in [0.15, 0.2) is 9.84 Å². The normalized spacial score (nSPS) is 14.6. The Hall–Kier alpha value is -2.34. The van der Waals surface area contributed by atoms with Crippen molar-refractivity contribution in [3.05, 3.63) is 71.6 Å². The Morgan fingerprint density at radius 1 is 1.04 bits per heavy atom. The van der Waals surface area contributed by atoms with Crippen molar-refractivity contribution in [1.29, 1.82) is 0 Å². The van der Waals surface area contributed by atoms with Gasteiger partial charge in [-0.25, -0.2) is 17.2 Å². The molecule has 0 saturated heterocycles. The van der Waals surface area contributed by atoms with Crippen molar-refractivity contribution in [2.24, 2.45) is 0 Å². The first kappa shape index (κ1) is 15.6. The first-order valence-corrected chi connectivity index (χ1v) is 8.77. The molecular formula is C17H13F2NO2S. The average Bonchev–Trinajstić information content (AvgIpc) is 2.95. The Kier molecular flexibility index (Phi) is 3.85. The van der Waals surface area contributed by atoms with Gasteiger partial charge in [-0.05, 0) is 41.3 Å². The molecule has 1 heterocycles. The number of sulfone groups is 1. The minimum absolute atomic E-state index is 0.306. The molecule has 0 fully saturated rings. The molecule has 1 aliphatic rings. The fourth-order valence-electron chi connectivity index (χ4n) is 2.65. The van der Waals surface area contributed by atoms with E-state index < -0.39 is 26.4 Å². The fourth-order valence-corrected chi connectivity index (χ4v) is 3.48. The lowest BCUT2D eigenvalue weighted by molar-refractivity contribution is 0.521. The van der Waals surface area contributed by atoms with Crippen LogP contribution in [-0.4, -0.2) is 19.7 Å². The van der Waals surface area contributed by atoms with Crippen molar-refractivity contribution >= 4 is 21.0 Å². The molecule has 1 aliphatic carbocycles. The van der Waals surface area contributed by atoms with E-state index in [1.54, 1.807) is 18.5 Å². The summed E-state index contributed by atoms with van der Waals surface area (Å²) >= 11 is 0. The van der Waals surface area contributed by atoms with E-state index in [2.05, 4.69) is 4.98 Å². The molecule has 6 heteroatoms. The maximum atomic E-state index is 14.1. The summed E-state index contributed by atoms with van der Waals surface area (Å²) in [7, 11) is -3.96. The van der Waals surface area contributed by atoms with Crippen LogP contribution in [0.15, 0.2) is 53.7 Å². The summed E-state index contributed by atoms with van der Waals surface area (Å²) in [5.74, 6) is -2.17. The highest BCUT2D eigenvalue weighted by Gasteiger charge is 2.23. The molecule has 0 aliphatic heterocycles. The summed E-state index contributed by atoms with van der Waals surface area (Å²) in [4.78, 5) is 3.15. The van der Waals surface area contributed by atoms with Gasteiger partial charge in [-0.15, -0.1) is 0 Å². The van der Waals surface area contributed by atoms with Gasteiger partial charge in [-0.1, -0.05) is 18.2 Å². The van der Waals surface area contributed by atoms with Gasteiger partial charge in [0.2, 0.25) is 0 Å². The summed E-state index contributed by atoms with van der Waals surface area (Å²) in [6, 6.07) is 5.75. The van der Waals surface area contributed by atoms with Gasteiger partial charge in [-0.3, -0.25) is 4.98 Å². The summed E-state index contributed by atoms with van der Waals surface area (Å²) in [6.45, 7) is 0. The lowest BCUT2D eigenvalue weighted by atomic mass is 9.96. The van der Waals surface area contributed by atoms with Crippen molar-refractivity contribution in [1.82, 2.24) is 4.98 Å². The first-order valence-electron chi connectivity index (χ1n) is 6.88. The topological polar surface area (TPSA) is 47.0 Å². The van der Waals surface area contributed by atoms with Crippen LogP contribution in [0.5, 0.6) is 0 Å². The molecule has 23 heavy (non-hydrogen) atoms. The molecule has 1 aromatic heterocycles. The molecule has 0 atom stereocenters. The maximum absolute atomic E-state index is 14.1. The number of nitrogens with zero attached hydrogens (tertiary/aromatic N) is 1. The van der Waals surface area contributed by atoms with Gasteiger partial charge in [0.1, 0.15) is 16.5 Å². The van der Waals surface area contributed by atoms with Crippen LogP contribution in [0, 0.1) is 11.6 Å². The van der Waals surface area contributed by atoms with Gasteiger partial charge in [0.05, 0.1) is 0 Å². The molecule has 0 bridgehead atoms. The Morgan fingerprint density at radius 3 is 2.17 bits per heavy atom. The fraction of sp³-hybridized carbons (Fsp3) is 0.118. The number of allylic oxidation sites excluding steroid dienone is 4. The highest BCUT2D eigenvalue weighted by atomic mass is 32.2. The second kappa shape index (κ2) is 5.70. The van der Waals surface area contributed by atoms with E-state index in [-0.39, 0.29) is 0 Å². The third-order valence-corrected chi connectivity index (χ3v) is 4.72. The van der Waals surface area contributed by atoms with E-state index in [1.165, 1.54) is 0 Å². The predicted molar refractivity (Wildman–Crippen MR) is 84.3 cm³/mol. The van der Waals surface area contributed by atoms with Gasteiger partial charge >= 0.3 is 0 Å². The first-order chi connectivity index (χ1) is 10.9. The lowest BCUT2D eigenvalue weighted by Crippen LogP contribution is -2.05. The number of benzene rings is 1. The van der Waals surface area contributed by atoms with Crippen molar-refractivity contribution in [2.45, 2.75) is 11.3 Å². The molecule has 2 aromatic rings. The van der Waals surface area contributed by atoms with E-state index in [9.17, 15) is 17.2 Å². The van der Waals surface area contributed by atoms with Gasteiger partial charge in [0.25, 0.3) is 0 Å². The summed E-state index contributed by atoms with van der Waals surface area (Å²) in [5, 5.41) is 0. The van der Waals surface area contributed by atoms with E-state index in [0.29, 0.717) is 17.6 Å². The molecule has 0 spiro atoms. The minimum atomic E-state index is -3.96. The summed E-state index contributed by atoms with van der Waals surface area (Å²) < 4.78 is 51.2. The predicted octanol–water partition coefficient (Wildman–Crippen LogP) is 3.63. The highest BCUT2D eigenvalue weighted by molar-refractivity contribution is 7.90. The molecule has 0 unspecified atom stereocenters. The van der Waals surface area contributed by atoms with Crippen LogP contribution in [0.4, 0.5) is 8.78 Å². The van der Waals surface area contributed by atoms with Crippen molar-refractivity contribution in [3.8, 4) is 0 Å². The number of halogens is 2. The molecular weight excluding hydrogens is 320 g/mol. The van der Waals surface area contributed by atoms with E-state index in [0.717, 1.165) is 29.5 Å². The van der Waals surface area contributed by atoms with E-state index in [4.69, 9.17) is 0 Å². The Labute approximate surface area is 132 Å². The molecule has 118 valence electrons. The van der Waals surface area contributed by atoms with Crippen LogP contribution in [-0.2, 0) is 9.84 Å². The third-order valence-electron chi connectivity index (χ3n) is 3.59. The smallest absolute Gasteiger partial charge is 0.181 e. The quantitative estimate of drug-likeness (QED) is 0.862. The summed E-state index contributed by atoms with van der Waals surface area (Å²) in [6.07, 6.45) is 8.51. The van der Waals surface area contributed by atoms with Gasteiger partial charge < -0.3 is 0 Å². The SMILES string of the molecule is CS(=O)(=O)c1c(F)cc(C2=CCC=C2c2cccnc2)cc1F. The third kappa shape index (κ3) is 2.94. The van der Waals surface area contributed by atoms with Gasteiger partial charge in [0, 0.05) is 24.2 Å². The molecule has 3 rings (SSSR count). The number of pyridine rings is 1. The second-order valence-corrected chi connectivity index (χ2v) is 7.21. The highest BCUT2D eigenvalue weighted by Crippen LogP contribution is 2.37. The number of hydrogen-bond donors (Lipinski definition) is 0. The molecule has 1 aromatic carbocycles. The zero-order valence-electron chi connectivity index (χ0n) is 12.3. The lowest BCUT2D eigenvalue weighted by Gasteiger charge is -2.11. The standard InChI is InChI=1S/C17H13F2NO2S/c1-23(21,22)17-15(18)8-12(9-16(17)19)14-6-2-5-13(14)11-4-3-7-20-10-11/h3-10H,2H2,1H3. The van der Waals surface area contributed by atoms with Crippen molar-refractivity contribution in [2.75, 3.05) is 6.26 Å². The molecule has 0 amide bonds. The minimum Gasteiger partial charge on any atom is -0.264 e. The zero-order valence-corrected chi connectivity index (χ0v) is 13.1. The number of hydrogen-bond acceptors (Lipinski definition) is 3. The van der Waals surface area contributed by atoms with Crippen LogP contribution in [0.25, 0.3) is 11.1 Å². The zero-order chi connectivity index (χ0) is 16.6. The van der Waals surface area contributed by atoms with E-state index in [1.807, 2.05) is 18.2 Å². The van der Waals surface area contributed by atoms with E-state index >= 15 is 0 Å². The van der Waals surface area contributed by atoms with Crippen LogP contribution >= 0.6 is 0 Å². The largest absolute Gasteiger partial charge is 0.264 e. The van der Waals surface area contributed by atoms with Crippen molar-refractivity contribution < 1.29 is 17.2 Å².